The number of imide groups is 1. The maximum Gasteiger partial charge on any atom is 0.318 e. The van der Waals surface area contributed by atoms with Crippen LogP contribution in [0.4, 0.5) is 4.79 Å². The summed E-state index contributed by atoms with van der Waals surface area (Å²) >= 11 is 0. The predicted octanol–water partition coefficient (Wildman–Crippen LogP) is -1.75. The molecule has 13 heavy (non-hydrogen) atoms. The quantitative estimate of drug-likeness (QED) is 0.477. The second-order valence-electron chi connectivity index (χ2n) is 3.14. The maximum absolute atomic E-state index is 11.2. The molecule has 1 aliphatic heterocycles. The van der Waals surface area contributed by atoms with Gasteiger partial charge < -0.3 is 10.8 Å². The van der Waals surface area contributed by atoms with E-state index in [9.17, 15) is 9.59 Å². The van der Waals surface area contributed by atoms with Crippen molar-refractivity contribution >= 4 is 11.9 Å². The second-order valence-corrected chi connectivity index (χ2v) is 3.14. The zero-order valence-corrected chi connectivity index (χ0v) is 7.36. The van der Waals surface area contributed by atoms with Crippen LogP contribution in [0.2, 0.25) is 0 Å². The van der Waals surface area contributed by atoms with E-state index in [4.69, 9.17) is 10.8 Å². The molecule has 0 aromatic heterocycles. The zero-order valence-electron chi connectivity index (χ0n) is 7.36. The summed E-state index contributed by atoms with van der Waals surface area (Å²) in [6, 6.07) is -1.27. The van der Waals surface area contributed by atoms with E-state index in [0.29, 0.717) is 13.1 Å². The van der Waals surface area contributed by atoms with Crippen molar-refractivity contribution in [3.8, 4) is 0 Å². The van der Waals surface area contributed by atoms with Gasteiger partial charge in [-0.3, -0.25) is 15.0 Å². The highest BCUT2D eigenvalue weighted by Crippen LogP contribution is 2.11. The molecule has 0 aliphatic carbocycles. The molecule has 4 N–H and O–H groups in total. The molecular formula is C7H13N3O3. The number of nitrogens with one attached hydrogen (secondary N) is 1. The summed E-state index contributed by atoms with van der Waals surface area (Å²) in [5.74, 6) is -0.431. The molecule has 3 amide bonds. The number of primary amides is 1. The third-order valence-electron chi connectivity index (χ3n) is 2.06. The minimum atomic E-state index is -0.849. The lowest BCUT2D eigenvalue weighted by Gasteiger charge is -2.39. The fraction of sp³-hybridized carbons (Fsp3) is 0.714. The van der Waals surface area contributed by atoms with E-state index >= 15 is 0 Å². The van der Waals surface area contributed by atoms with Gasteiger partial charge in [0.1, 0.15) is 0 Å². The minimum absolute atomic E-state index is 0.358. The summed E-state index contributed by atoms with van der Waals surface area (Å²) in [5.41, 5.74) is 4.78. The molecular weight excluding hydrogens is 174 g/mol. The molecule has 6 heteroatoms. The molecule has 0 spiro atoms. The number of likely N-dealkylation sites (tertiary alicyclic amines) is 1. The van der Waals surface area contributed by atoms with E-state index in [1.807, 2.05) is 5.32 Å². The van der Waals surface area contributed by atoms with E-state index in [1.54, 1.807) is 11.8 Å². The topological polar surface area (TPSA) is 95.7 Å². The van der Waals surface area contributed by atoms with Crippen LogP contribution in [0, 0.1) is 0 Å². The van der Waals surface area contributed by atoms with E-state index in [0.717, 1.165) is 0 Å². The van der Waals surface area contributed by atoms with Crippen molar-refractivity contribution < 1.29 is 14.7 Å². The summed E-state index contributed by atoms with van der Waals surface area (Å²) in [4.78, 5) is 23.2. The van der Waals surface area contributed by atoms with Crippen molar-refractivity contribution in [2.75, 3.05) is 13.1 Å². The molecule has 1 fully saturated rings. The van der Waals surface area contributed by atoms with E-state index < -0.39 is 18.0 Å². The van der Waals surface area contributed by atoms with Crippen LogP contribution < -0.4 is 11.1 Å². The van der Waals surface area contributed by atoms with Gasteiger partial charge in [-0.2, -0.15) is 0 Å². The Bertz CT molecular complexity index is 225. The van der Waals surface area contributed by atoms with Gasteiger partial charge in [0, 0.05) is 13.1 Å². The standard InChI is InChI=1S/C7H13N3O3/c1-4(6(12)9-7(8)13)10-2-5(11)3-10/h4-5,11H,2-3H2,1H3,(H3,8,9,12,13). The van der Waals surface area contributed by atoms with Crippen LogP contribution in [-0.4, -0.2) is 47.2 Å². The molecule has 1 atom stereocenters. The third-order valence-corrected chi connectivity index (χ3v) is 2.06. The van der Waals surface area contributed by atoms with Crippen molar-refractivity contribution in [3.63, 3.8) is 0 Å². The van der Waals surface area contributed by atoms with Gasteiger partial charge in [0.25, 0.3) is 0 Å². The van der Waals surface area contributed by atoms with Crippen molar-refractivity contribution in [1.29, 1.82) is 0 Å². The summed E-state index contributed by atoms with van der Waals surface area (Å²) in [7, 11) is 0. The van der Waals surface area contributed by atoms with Gasteiger partial charge in [0.2, 0.25) is 5.91 Å². The predicted molar refractivity (Wildman–Crippen MR) is 44.8 cm³/mol. The molecule has 74 valence electrons. The lowest BCUT2D eigenvalue weighted by atomic mass is 10.1. The Labute approximate surface area is 75.7 Å². The Morgan fingerprint density at radius 3 is 2.54 bits per heavy atom. The average Bonchev–Trinajstić information content (AvgIpc) is 1.96. The summed E-state index contributed by atoms with van der Waals surface area (Å²) in [6.45, 7) is 2.59. The Hall–Kier alpha value is -1.14. The molecule has 0 bridgehead atoms. The second kappa shape index (κ2) is 3.71. The molecule has 0 aromatic carbocycles. The Morgan fingerprint density at radius 1 is 1.62 bits per heavy atom. The number of nitrogens with two attached hydrogens (primary N) is 1. The van der Waals surface area contributed by atoms with E-state index in [2.05, 4.69) is 0 Å². The van der Waals surface area contributed by atoms with Crippen LogP contribution >= 0.6 is 0 Å². The van der Waals surface area contributed by atoms with Gasteiger partial charge in [0.05, 0.1) is 12.1 Å². The first kappa shape index (κ1) is 9.94. The zero-order chi connectivity index (χ0) is 10.0. The van der Waals surface area contributed by atoms with Gasteiger partial charge in [-0.1, -0.05) is 0 Å². The molecule has 1 saturated heterocycles. The van der Waals surface area contributed by atoms with Crippen LogP contribution in [0.25, 0.3) is 0 Å². The summed E-state index contributed by atoms with van der Waals surface area (Å²) in [5, 5.41) is 10.9. The summed E-state index contributed by atoms with van der Waals surface area (Å²) < 4.78 is 0. The lowest BCUT2D eigenvalue weighted by Crippen LogP contribution is -2.59. The van der Waals surface area contributed by atoms with Gasteiger partial charge in [-0.25, -0.2) is 4.79 Å². The number of urea groups is 1. The van der Waals surface area contributed by atoms with Crippen molar-refractivity contribution in [3.05, 3.63) is 0 Å². The van der Waals surface area contributed by atoms with Crippen LogP contribution in [0.5, 0.6) is 0 Å². The largest absolute Gasteiger partial charge is 0.390 e. The fourth-order valence-electron chi connectivity index (χ4n) is 1.20. The molecule has 0 saturated carbocycles. The first-order valence-corrected chi connectivity index (χ1v) is 4.03. The minimum Gasteiger partial charge on any atom is -0.390 e. The molecule has 1 heterocycles. The number of nitrogens with zero attached hydrogens (tertiary/aromatic N) is 1. The smallest absolute Gasteiger partial charge is 0.318 e. The third kappa shape index (κ3) is 2.40. The number of aliphatic hydroxyl groups excluding tert-OH is 1. The first-order chi connectivity index (χ1) is 6.00. The Kier molecular flexibility index (Phi) is 2.84. The molecule has 6 nitrogen and oxygen atoms in total. The number of amides is 3. The summed E-state index contributed by atoms with van der Waals surface area (Å²) in [6.07, 6.45) is -0.358. The van der Waals surface area contributed by atoms with E-state index in [-0.39, 0.29) is 6.10 Å². The van der Waals surface area contributed by atoms with Crippen LogP contribution in [0.15, 0.2) is 0 Å². The van der Waals surface area contributed by atoms with Gasteiger partial charge in [-0.15, -0.1) is 0 Å². The Morgan fingerprint density at radius 2 is 2.15 bits per heavy atom. The number of carbonyl (C=O) groups excluding carboxylic acids is 2. The van der Waals surface area contributed by atoms with Crippen molar-refractivity contribution in [2.45, 2.75) is 19.1 Å². The van der Waals surface area contributed by atoms with Gasteiger partial charge in [0.15, 0.2) is 0 Å². The number of hydrogen-bond donors (Lipinski definition) is 3. The average molecular weight is 187 g/mol. The number of hydrogen-bond acceptors (Lipinski definition) is 4. The maximum atomic E-state index is 11.2. The SMILES string of the molecule is CC(C(=O)NC(N)=O)N1CC(O)C1. The number of rotatable bonds is 2. The number of β-amino-alcohol motifs (C(OH)–C–C–N with tert-alkyl or cyclic N) is 1. The first-order valence-electron chi connectivity index (χ1n) is 4.03. The fourth-order valence-corrected chi connectivity index (χ4v) is 1.20. The highest BCUT2D eigenvalue weighted by molar-refractivity contribution is 5.96. The highest BCUT2D eigenvalue weighted by atomic mass is 16.3. The van der Waals surface area contributed by atoms with E-state index in [1.165, 1.54) is 0 Å². The van der Waals surface area contributed by atoms with Crippen LogP contribution in [0.3, 0.4) is 0 Å². The van der Waals surface area contributed by atoms with Gasteiger partial charge in [-0.05, 0) is 6.92 Å². The molecule has 1 unspecified atom stereocenters. The molecule has 0 aromatic rings. The lowest BCUT2D eigenvalue weighted by molar-refractivity contribution is -0.129. The molecule has 0 radical (unpaired) electrons. The van der Waals surface area contributed by atoms with Crippen LogP contribution in [0.1, 0.15) is 6.92 Å². The number of aliphatic hydroxyl groups is 1. The Balaban J connectivity index is 2.34. The van der Waals surface area contributed by atoms with Gasteiger partial charge >= 0.3 is 6.03 Å². The van der Waals surface area contributed by atoms with Crippen molar-refractivity contribution in [1.82, 2.24) is 10.2 Å². The molecule has 1 rings (SSSR count). The normalized spacial score (nSPS) is 20.5. The number of carbonyl (C=O) groups is 2. The molecule has 1 aliphatic rings. The monoisotopic (exact) mass is 187 g/mol. The van der Waals surface area contributed by atoms with Crippen molar-refractivity contribution in [2.24, 2.45) is 5.73 Å². The highest BCUT2D eigenvalue weighted by Gasteiger charge is 2.32. The van der Waals surface area contributed by atoms with Crippen LogP contribution in [-0.2, 0) is 4.79 Å².